The number of aromatic nitrogens is 2. The molecule has 1 heterocycles. The Bertz CT molecular complexity index is 403. The van der Waals surface area contributed by atoms with E-state index < -0.39 is 0 Å². The zero-order valence-corrected chi connectivity index (χ0v) is 13.1. The van der Waals surface area contributed by atoms with Crippen molar-refractivity contribution in [2.45, 2.75) is 38.1 Å². The lowest BCUT2D eigenvalue weighted by Gasteiger charge is -2.15. The molecule has 1 aromatic rings. The first-order chi connectivity index (χ1) is 8.08. The van der Waals surface area contributed by atoms with E-state index in [4.69, 9.17) is 16.6 Å². The van der Waals surface area contributed by atoms with E-state index >= 15 is 0 Å². The van der Waals surface area contributed by atoms with Gasteiger partial charge in [0.25, 0.3) is 0 Å². The molecule has 0 N–H and O–H groups in total. The summed E-state index contributed by atoms with van der Waals surface area (Å²) in [5.41, 5.74) is 1.17. The van der Waals surface area contributed by atoms with Crippen LogP contribution in [0.1, 0.15) is 43.1 Å². The average molecular weight is 366 g/mol. The summed E-state index contributed by atoms with van der Waals surface area (Å²) in [5.74, 6) is 1.42. The molecule has 2 rings (SSSR count). The van der Waals surface area contributed by atoms with Gasteiger partial charge in [0.15, 0.2) is 0 Å². The molecule has 1 saturated carbocycles. The summed E-state index contributed by atoms with van der Waals surface area (Å²) in [6.07, 6.45) is 5.10. The zero-order chi connectivity index (χ0) is 12.4. The molecule has 5 heteroatoms. The lowest BCUT2D eigenvalue weighted by Crippen LogP contribution is -2.15. The third-order valence-electron chi connectivity index (χ3n) is 3.08. The fourth-order valence-electron chi connectivity index (χ4n) is 2.30. The molecule has 0 bridgehead atoms. The highest BCUT2D eigenvalue weighted by Crippen LogP contribution is 2.36. The Labute approximate surface area is 121 Å². The van der Waals surface area contributed by atoms with E-state index in [1.807, 2.05) is 14.1 Å². The van der Waals surface area contributed by atoms with Crippen molar-refractivity contribution in [3.63, 3.8) is 0 Å². The minimum Gasteiger partial charge on any atom is -0.302 e. The van der Waals surface area contributed by atoms with E-state index in [9.17, 15) is 0 Å². The van der Waals surface area contributed by atoms with Gasteiger partial charge < -0.3 is 4.90 Å². The van der Waals surface area contributed by atoms with Crippen LogP contribution in [0.15, 0.2) is 0 Å². The molecule has 0 aliphatic heterocycles. The molecule has 17 heavy (non-hydrogen) atoms. The van der Waals surface area contributed by atoms with Crippen molar-refractivity contribution in [1.29, 1.82) is 0 Å². The van der Waals surface area contributed by atoms with Gasteiger partial charge in [0.2, 0.25) is 0 Å². The monoisotopic (exact) mass is 365 g/mol. The quantitative estimate of drug-likeness (QED) is 0.607. The van der Waals surface area contributed by atoms with Crippen LogP contribution >= 0.6 is 34.2 Å². The first kappa shape index (κ1) is 13.5. The second kappa shape index (κ2) is 5.80. The van der Waals surface area contributed by atoms with Crippen LogP contribution in [-0.2, 0) is 6.54 Å². The fourth-order valence-corrected chi connectivity index (χ4v) is 3.18. The molecule has 1 fully saturated rings. The molecule has 0 saturated heterocycles. The van der Waals surface area contributed by atoms with Gasteiger partial charge in [-0.25, -0.2) is 9.97 Å². The van der Waals surface area contributed by atoms with Crippen LogP contribution in [0.25, 0.3) is 0 Å². The predicted octanol–water partition coefficient (Wildman–Crippen LogP) is 3.45. The second-order valence-corrected chi connectivity index (χ2v) is 6.29. The van der Waals surface area contributed by atoms with Crippen molar-refractivity contribution >= 4 is 34.2 Å². The molecule has 0 aromatic carbocycles. The summed E-state index contributed by atoms with van der Waals surface area (Å²) >= 11 is 8.48. The molecule has 1 aliphatic rings. The Morgan fingerprint density at radius 3 is 2.53 bits per heavy atom. The minimum atomic E-state index is 0.586. The van der Waals surface area contributed by atoms with Gasteiger partial charge in [0, 0.05) is 5.92 Å². The summed E-state index contributed by atoms with van der Waals surface area (Å²) in [4.78, 5) is 11.1. The Morgan fingerprint density at radius 2 is 1.94 bits per heavy atom. The van der Waals surface area contributed by atoms with Gasteiger partial charge in [-0.15, -0.1) is 0 Å². The maximum Gasteiger partial charge on any atom is 0.146 e. The van der Waals surface area contributed by atoms with Crippen molar-refractivity contribution in [1.82, 2.24) is 14.9 Å². The van der Waals surface area contributed by atoms with Gasteiger partial charge in [0.05, 0.1) is 15.8 Å². The summed E-state index contributed by atoms with van der Waals surface area (Å²) in [7, 11) is 4.04. The highest BCUT2D eigenvalue weighted by atomic mass is 127. The standard InChI is InChI=1S/C12H17ClIN3/c1-17(2)7-9-15-11(8-5-3-4-6-8)10(14)12(13)16-9/h8H,3-7H2,1-2H3. The molecule has 0 unspecified atom stereocenters. The molecule has 3 nitrogen and oxygen atoms in total. The smallest absolute Gasteiger partial charge is 0.146 e. The molecule has 0 amide bonds. The van der Waals surface area contributed by atoms with Crippen LogP contribution in [0.2, 0.25) is 5.15 Å². The molecule has 1 aromatic heterocycles. The first-order valence-electron chi connectivity index (χ1n) is 5.94. The highest BCUT2D eigenvalue weighted by molar-refractivity contribution is 14.1. The second-order valence-electron chi connectivity index (χ2n) is 4.85. The zero-order valence-electron chi connectivity index (χ0n) is 10.2. The molecule has 1 aliphatic carbocycles. The van der Waals surface area contributed by atoms with Crippen LogP contribution in [0.3, 0.4) is 0 Å². The van der Waals surface area contributed by atoms with Crippen LogP contribution in [0.5, 0.6) is 0 Å². The Hall–Kier alpha value is 0.0600. The highest BCUT2D eigenvalue weighted by Gasteiger charge is 2.23. The minimum absolute atomic E-state index is 0.586. The van der Waals surface area contributed by atoms with Gasteiger partial charge in [-0.1, -0.05) is 24.4 Å². The Morgan fingerprint density at radius 1 is 1.29 bits per heavy atom. The van der Waals surface area contributed by atoms with Gasteiger partial charge >= 0.3 is 0 Å². The third kappa shape index (κ3) is 3.29. The molecular formula is C12H17ClIN3. The topological polar surface area (TPSA) is 29.0 Å². The number of hydrogen-bond donors (Lipinski definition) is 0. The lowest BCUT2D eigenvalue weighted by atomic mass is 10.0. The summed E-state index contributed by atoms with van der Waals surface area (Å²) in [6.45, 7) is 0.746. The molecule has 0 spiro atoms. The van der Waals surface area contributed by atoms with Crippen LogP contribution < -0.4 is 0 Å². The molecular weight excluding hydrogens is 349 g/mol. The fraction of sp³-hybridized carbons (Fsp3) is 0.667. The maximum absolute atomic E-state index is 6.20. The number of hydrogen-bond acceptors (Lipinski definition) is 3. The number of halogens is 2. The first-order valence-corrected chi connectivity index (χ1v) is 7.40. The van der Waals surface area contributed by atoms with Crippen molar-refractivity contribution in [3.8, 4) is 0 Å². The van der Waals surface area contributed by atoms with E-state index in [0.717, 1.165) is 15.9 Å². The lowest BCUT2D eigenvalue weighted by molar-refractivity contribution is 0.389. The van der Waals surface area contributed by atoms with Crippen LogP contribution in [-0.4, -0.2) is 29.0 Å². The van der Waals surface area contributed by atoms with Crippen molar-refractivity contribution < 1.29 is 0 Å². The third-order valence-corrected chi connectivity index (χ3v) is 4.74. The number of nitrogens with zero attached hydrogens (tertiary/aromatic N) is 3. The molecule has 0 atom stereocenters. The van der Waals surface area contributed by atoms with Gasteiger partial charge in [-0.05, 0) is 49.5 Å². The van der Waals surface area contributed by atoms with E-state index in [0.29, 0.717) is 11.1 Å². The van der Waals surface area contributed by atoms with E-state index in [2.05, 4.69) is 32.5 Å². The SMILES string of the molecule is CN(C)Cc1nc(Cl)c(I)c(C2CCCC2)n1. The van der Waals surface area contributed by atoms with Crippen LogP contribution in [0, 0.1) is 3.57 Å². The molecule has 94 valence electrons. The van der Waals surface area contributed by atoms with E-state index in [-0.39, 0.29) is 0 Å². The Balaban J connectivity index is 2.32. The number of rotatable bonds is 3. The summed E-state index contributed by atoms with van der Waals surface area (Å²) in [5, 5.41) is 0.611. The predicted molar refractivity (Wildman–Crippen MR) is 78.4 cm³/mol. The summed E-state index contributed by atoms with van der Waals surface area (Å²) < 4.78 is 1.04. The molecule has 0 radical (unpaired) electrons. The van der Waals surface area contributed by atoms with Crippen molar-refractivity contribution in [2.75, 3.05) is 14.1 Å². The van der Waals surface area contributed by atoms with E-state index in [1.54, 1.807) is 0 Å². The maximum atomic E-state index is 6.20. The largest absolute Gasteiger partial charge is 0.302 e. The van der Waals surface area contributed by atoms with E-state index in [1.165, 1.54) is 31.4 Å². The van der Waals surface area contributed by atoms with Crippen LogP contribution in [0.4, 0.5) is 0 Å². The van der Waals surface area contributed by atoms with Gasteiger partial charge in [-0.2, -0.15) is 0 Å². The van der Waals surface area contributed by atoms with Crippen molar-refractivity contribution in [2.24, 2.45) is 0 Å². The van der Waals surface area contributed by atoms with Crippen molar-refractivity contribution in [3.05, 3.63) is 20.2 Å². The normalized spacial score (nSPS) is 17.0. The summed E-state index contributed by atoms with van der Waals surface area (Å²) in [6, 6.07) is 0. The average Bonchev–Trinajstić information content (AvgIpc) is 2.75. The van der Waals surface area contributed by atoms with Gasteiger partial charge in [0.1, 0.15) is 11.0 Å². The Kier molecular flexibility index (Phi) is 4.60. The van der Waals surface area contributed by atoms with Gasteiger partial charge in [-0.3, -0.25) is 0 Å².